The molecule has 1 fully saturated rings. The van der Waals surface area contributed by atoms with E-state index in [2.05, 4.69) is 28.8 Å². The van der Waals surface area contributed by atoms with E-state index in [9.17, 15) is 0 Å². The molecule has 104 valence electrons. The van der Waals surface area contributed by atoms with Crippen LogP contribution in [-0.2, 0) is 6.54 Å². The Kier molecular flexibility index (Phi) is 6.05. The first-order chi connectivity index (χ1) is 8.22. The zero-order valence-electron chi connectivity index (χ0n) is 11.2. The molecule has 1 aliphatic heterocycles. The Hall–Kier alpha value is -0.650. The van der Waals surface area contributed by atoms with Crippen molar-refractivity contribution in [2.75, 3.05) is 13.1 Å². The quantitative estimate of drug-likeness (QED) is 0.905. The van der Waals surface area contributed by atoms with Crippen molar-refractivity contribution in [1.29, 1.82) is 0 Å². The first-order valence-corrected chi connectivity index (χ1v) is 6.55. The molecule has 2 rings (SSSR count). The summed E-state index contributed by atoms with van der Waals surface area (Å²) in [5.41, 5.74) is 5.84. The van der Waals surface area contributed by atoms with Gasteiger partial charge in [-0.05, 0) is 33.2 Å². The van der Waals surface area contributed by atoms with Crippen LogP contribution in [0.15, 0.2) is 6.33 Å². The summed E-state index contributed by atoms with van der Waals surface area (Å²) in [5, 5.41) is 4.28. The van der Waals surface area contributed by atoms with Crippen molar-refractivity contribution < 1.29 is 0 Å². The molecule has 0 aromatic carbocycles. The van der Waals surface area contributed by atoms with Crippen molar-refractivity contribution in [1.82, 2.24) is 19.7 Å². The molecule has 1 aliphatic rings. The first-order valence-electron chi connectivity index (χ1n) is 6.55. The van der Waals surface area contributed by atoms with Gasteiger partial charge in [0.2, 0.25) is 0 Å². The third-order valence-electron chi connectivity index (χ3n) is 3.50. The molecule has 0 saturated carbocycles. The highest BCUT2D eigenvalue weighted by atomic mass is 35.5. The molecule has 0 radical (unpaired) electrons. The summed E-state index contributed by atoms with van der Waals surface area (Å²) in [5.74, 6) is 1.06. The van der Waals surface area contributed by atoms with Gasteiger partial charge in [-0.3, -0.25) is 4.90 Å². The van der Waals surface area contributed by atoms with E-state index in [-0.39, 0.29) is 12.4 Å². The minimum absolute atomic E-state index is 0. The third kappa shape index (κ3) is 3.43. The van der Waals surface area contributed by atoms with Crippen LogP contribution in [0.1, 0.15) is 45.0 Å². The van der Waals surface area contributed by atoms with Crippen molar-refractivity contribution in [2.45, 2.75) is 51.7 Å². The molecule has 6 heteroatoms. The van der Waals surface area contributed by atoms with Crippen LogP contribution in [0.5, 0.6) is 0 Å². The van der Waals surface area contributed by atoms with E-state index < -0.39 is 0 Å². The lowest BCUT2D eigenvalue weighted by Crippen LogP contribution is -2.44. The second-order valence-electron chi connectivity index (χ2n) is 5.07. The second-order valence-corrected chi connectivity index (χ2v) is 5.07. The Bertz CT molecular complexity index is 352. The van der Waals surface area contributed by atoms with Crippen molar-refractivity contribution in [3.8, 4) is 0 Å². The molecule has 0 bridgehead atoms. The van der Waals surface area contributed by atoms with Crippen molar-refractivity contribution in [2.24, 2.45) is 5.73 Å². The Morgan fingerprint density at radius 1 is 1.44 bits per heavy atom. The Morgan fingerprint density at radius 3 is 2.89 bits per heavy atom. The van der Waals surface area contributed by atoms with Crippen LogP contribution in [0, 0.1) is 0 Å². The average molecular weight is 274 g/mol. The van der Waals surface area contributed by atoms with Gasteiger partial charge in [0.1, 0.15) is 12.2 Å². The molecule has 18 heavy (non-hydrogen) atoms. The Labute approximate surface area is 115 Å². The zero-order valence-corrected chi connectivity index (χ0v) is 12.1. The number of likely N-dealkylation sites (tertiary alicyclic amines) is 1. The summed E-state index contributed by atoms with van der Waals surface area (Å²) < 4.78 is 2.00. The van der Waals surface area contributed by atoms with E-state index in [4.69, 9.17) is 5.73 Å². The fraction of sp³-hybridized carbons (Fsp3) is 0.833. The van der Waals surface area contributed by atoms with E-state index in [0.29, 0.717) is 12.1 Å². The summed E-state index contributed by atoms with van der Waals surface area (Å²) >= 11 is 0. The van der Waals surface area contributed by atoms with Crippen molar-refractivity contribution >= 4 is 12.4 Å². The minimum atomic E-state index is 0. The van der Waals surface area contributed by atoms with Gasteiger partial charge in [-0.2, -0.15) is 5.10 Å². The maximum Gasteiger partial charge on any atom is 0.141 e. The average Bonchev–Trinajstić information content (AvgIpc) is 2.78. The van der Waals surface area contributed by atoms with E-state index >= 15 is 0 Å². The van der Waals surface area contributed by atoms with Crippen LogP contribution < -0.4 is 5.73 Å². The van der Waals surface area contributed by atoms with E-state index in [1.165, 1.54) is 19.3 Å². The van der Waals surface area contributed by atoms with Gasteiger partial charge in [-0.1, -0.05) is 6.42 Å². The van der Waals surface area contributed by atoms with Gasteiger partial charge < -0.3 is 5.73 Å². The van der Waals surface area contributed by atoms with Gasteiger partial charge in [0, 0.05) is 18.6 Å². The number of rotatable bonds is 4. The molecule has 2 N–H and O–H groups in total. The number of hydrogen-bond donors (Lipinski definition) is 1. The fourth-order valence-corrected chi connectivity index (χ4v) is 2.54. The number of hydrogen-bond acceptors (Lipinski definition) is 4. The second kappa shape index (κ2) is 7.07. The number of halogens is 1. The molecule has 0 aliphatic carbocycles. The van der Waals surface area contributed by atoms with Crippen LogP contribution in [0.2, 0.25) is 0 Å². The summed E-state index contributed by atoms with van der Waals surface area (Å²) in [6, 6.07) is 0.884. The van der Waals surface area contributed by atoms with Crippen LogP contribution in [0.25, 0.3) is 0 Å². The monoisotopic (exact) mass is 273 g/mol. The van der Waals surface area contributed by atoms with E-state index in [1.807, 2.05) is 4.68 Å². The van der Waals surface area contributed by atoms with Gasteiger partial charge in [0.15, 0.2) is 0 Å². The summed E-state index contributed by atoms with van der Waals surface area (Å²) in [6.45, 7) is 7.02. The van der Waals surface area contributed by atoms with Gasteiger partial charge in [-0.25, -0.2) is 9.67 Å². The lowest BCUT2D eigenvalue weighted by Gasteiger charge is -2.34. The predicted octanol–water partition coefficient (Wildman–Crippen LogP) is 1.59. The molecule has 0 amide bonds. The van der Waals surface area contributed by atoms with Gasteiger partial charge >= 0.3 is 0 Å². The topological polar surface area (TPSA) is 60.0 Å². The lowest BCUT2D eigenvalue weighted by molar-refractivity contribution is 0.138. The highest BCUT2D eigenvalue weighted by Gasteiger charge is 2.22. The third-order valence-corrected chi connectivity index (χ3v) is 3.50. The van der Waals surface area contributed by atoms with E-state index in [0.717, 1.165) is 25.5 Å². The SMILES string of the molecule is CC(C)n1ncnc1CN1CCCCC1CN.Cl. The number of nitrogens with zero attached hydrogens (tertiary/aromatic N) is 4. The summed E-state index contributed by atoms with van der Waals surface area (Å²) in [4.78, 5) is 6.82. The van der Waals surface area contributed by atoms with Crippen LogP contribution in [0.4, 0.5) is 0 Å². The van der Waals surface area contributed by atoms with Crippen molar-refractivity contribution in [3.05, 3.63) is 12.2 Å². The summed E-state index contributed by atoms with van der Waals surface area (Å²) in [7, 11) is 0. The van der Waals surface area contributed by atoms with Crippen LogP contribution in [-0.4, -0.2) is 38.8 Å². The zero-order chi connectivity index (χ0) is 12.3. The highest BCUT2D eigenvalue weighted by molar-refractivity contribution is 5.85. The van der Waals surface area contributed by atoms with Crippen molar-refractivity contribution in [3.63, 3.8) is 0 Å². The highest BCUT2D eigenvalue weighted by Crippen LogP contribution is 2.18. The predicted molar refractivity (Wildman–Crippen MR) is 74.8 cm³/mol. The lowest BCUT2D eigenvalue weighted by atomic mass is 10.0. The Morgan fingerprint density at radius 2 is 2.22 bits per heavy atom. The van der Waals surface area contributed by atoms with E-state index in [1.54, 1.807) is 6.33 Å². The molecular formula is C12H24ClN5. The molecule has 0 spiro atoms. The molecule has 1 atom stereocenters. The van der Waals surface area contributed by atoms with Gasteiger partial charge in [0.05, 0.1) is 6.54 Å². The molecule has 1 aromatic heterocycles. The van der Waals surface area contributed by atoms with Crippen LogP contribution >= 0.6 is 12.4 Å². The van der Waals surface area contributed by atoms with Crippen LogP contribution in [0.3, 0.4) is 0 Å². The number of piperidine rings is 1. The van der Waals surface area contributed by atoms with Gasteiger partial charge in [0.25, 0.3) is 0 Å². The fourth-order valence-electron chi connectivity index (χ4n) is 2.54. The number of aromatic nitrogens is 3. The smallest absolute Gasteiger partial charge is 0.141 e. The maximum atomic E-state index is 5.84. The maximum absolute atomic E-state index is 5.84. The van der Waals surface area contributed by atoms with Gasteiger partial charge in [-0.15, -0.1) is 12.4 Å². The standard InChI is InChI=1S/C12H23N5.ClH/c1-10(2)17-12(14-9-15-17)8-16-6-4-3-5-11(16)7-13;/h9-11H,3-8,13H2,1-2H3;1H. The molecule has 1 saturated heterocycles. The molecule has 1 unspecified atom stereocenters. The normalized spacial score (nSPS) is 21.0. The number of nitrogens with two attached hydrogens (primary N) is 1. The molecule has 1 aromatic rings. The Balaban J connectivity index is 0.00000162. The largest absolute Gasteiger partial charge is 0.329 e. The first kappa shape index (κ1) is 15.4. The molecular weight excluding hydrogens is 250 g/mol. The summed E-state index contributed by atoms with van der Waals surface area (Å²) in [6.07, 6.45) is 5.44. The minimum Gasteiger partial charge on any atom is -0.329 e. The molecule has 5 nitrogen and oxygen atoms in total. The molecule has 2 heterocycles.